The summed E-state index contributed by atoms with van der Waals surface area (Å²) in [6, 6.07) is 23.8. The van der Waals surface area contributed by atoms with Crippen molar-refractivity contribution in [2.45, 2.75) is 13.2 Å². The van der Waals surface area contributed by atoms with Gasteiger partial charge in [0.2, 0.25) is 4.77 Å². The van der Waals surface area contributed by atoms with Gasteiger partial charge in [-0.25, -0.2) is 9.77 Å². The van der Waals surface area contributed by atoms with Gasteiger partial charge in [-0.15, -0.1) is 0 Å². The molecular formula is C23H21BrN4O2S. The summed E-state index contributed by atoms with van der Waals surface area (Å²) in [5.41, 5.74) is 6.36. The zero-order valence-corrected chi connectivity index (χ0v) is 19.2. The van der Waals surface area contributed by atoms with Gasteiger partial charge in [0, 0.05) is 0 Å². The first kappa shape index (κ1) is 21.1. The van der Waals surface area contributed by atoms with Crippen LogP contribution in [-0.2, 0) is 13.2 Å². The highest BCUT2D eigenvalue weighted by Crippen LogP contribution is 2.29. The number of benzene rings is 3. The van der Waals surface area contributed by atoms with E-state index in [4.69, 9.17) is 21.7 Å². The van der Waals surface area contributed by atoms with Gasteiger partial charge in [-0.2, -0.15) is 5.10 Å². The zero-order chi connectivity index (χ0) is 21.6. The SMILES string of the molecule is COc1ccccc1-c1n[nH]c(=S)n1NCc1ccc(OCc2ccccc2)c(Br)c1. The van der Waals surface area contributed by atoms with E-state index in [2.05, 4.69) is 31.6 Å². The van der Waals surface area contributed by atoms with Crippen molar-refractivity contribution in [1.82, 2.24) is 14.9 Å². The van der Waals surface area contributed by atoms with Gasteiger partial charge in [-0.05, 0) is 63.5 Å². The fourth-order valence-electron chi connectivity index (χ4n) is 3.13. The number of ether oxygens (including phenoxy) is 2. The van der Waals surface area contributed by atoms with Crippen LogP contribution >= 0.6 is 28.1 Å². The van der Waals surface area contributed by atoms with Crippen LogP contribution in [0.25, 0.3) is 11.4 Å². The molecule has 0 unspecified atom stereocenters. The minimum Gasteiger partial charge on any atom is -0.496 e. The number of hydrogen-bond acceptors (Lipinski definition) is 5. The third kappa shape index (κ3) is 4.98. The molecule has 0 amide bonds. The van der Waals surface area contributed by atoms with Crippen molar-refractivity contribution >= 4 is 28.1 Å². The fraction of sp³-hybridized carbons (Fsp3) is 0.130. The summed E-state index contributed by atoms with van der Waals surface area (Å²) in [6.45, 7) is 1.07. The van der Waals surface area contributed by atoms with Crippen LogP contribution in [0.15, 0.2) is 77.3 Å². The summed E-state index contributed by atoms with van der Waals surface area (Å²) < 4.78 is 14.5. The number of aromatic nitrogens is 3. The maximum atomic E-state index is 5.93. The Bertz CT molecular complexity index is 1220. The number of hydrogen-bond donors (Lipinski definition) is 2. The van der Waals surface area contributed by atoms with E-state index in [0.29, 0.717) is 23.7 Å². The molecule has 0 fully saturated rings. The van der Waals surface area contributed by atoms with Gasteiger partial charge in [0.1, 0.15) is 18.1 Å². The van der Waals surface area contributed by atoms with Gasteiger partial charge in [0.25, 0.3) is 0 Å². The molecule has 0 saturated carbocycles. The minimum atomic E-state index is 0.475. The number of rotatable bonds is 8. The summed E-state index contributed by atoms with van der Waals surface area (Å²) in [5.74, 6) is 2.17. The monoisotopic (exact) mass is 496 g/mol. The second kappa shape index (κ2) is 9.80. The van der Waals surface area contributed by atoms with Crippen LogP contribution in [0.2, 0.25) is 0 Å². The summed E-state index contributed by atoms with van der Waals surface area (Å²) >= 11 is 9.02. The summed E-state index contributed by atoms with van der Waals surface area (Å²) in [7, 11) is 1.64. The Kier molecular flexibility index (Phi) is 6.69. The number of nitrogens with one attached hydrogen (secondary N) is 2. The first-order valence-electron chi connectivity index (χ1n) is 9.65. The maximum absolute atomic E-state index is 5.93. The third-order valence-electron chi connectivity index (χ3n) is 4.69. The molecule has 0 saturated heterocycles. The first-order chi connectivity index (χ1) is 15.2. The highest BCUT2D eigenvalue weighted by atomic mass is 79.9. The van der Waals surface area contributed by atoms with E-state index in [-0.39, 0.29) is 0 Å². The molecule has 0 aliphatic rings. The molecule has 6 nitrogen and oxygen atoms in total. The van der Waals surface area contributed by atoms with Crippen molar-refractivity contribution in [2.24, 2.45) is 0 Å². The maximum Gasteiger partial charge on any atom is 0.214 e. The zero-order valence-electron chi connectivity index (χ0n) is 16.8. The summed E-state index contributed by atoms with van der Waals surface area (Å²) in [5, 5.41) is 7.21. The molecule has 31 heavy (non-hydrogen) atoms. The predicted molar refractivity (Wildman–Crippen MR) is 127 cm³/mol. The molecule has 0 spiro atoms. The van der Waals surface area contributed by atoms with E-state index in [1.165, 1.54) is 0 Å². The molecule has 1 aromatic heterocycles. The van der Waals surface area contributed by atoms with E-state index in [9.17, 15) is 0 Å². The van der Waals surface area contributed by atoms with Crippen molar-refractivity contribution in [3.8, 4) is 22.9 Å². The van der Waals surface area contributed by atoms with Gasteiger partial charge >= 0.3 is 0 Å². The van der Waals surface area contributed by atoms with Crippen LogP contribution < -0.4 is 14.9 Å². The van der Waals surface area contributed by atoms with Gasteiger partial charge < -0.3 is 14.9 Å². The smallest absolute Gasteiger partial charge is 0.214 e. The lowest BCUT2D eigenvalue weighted by atomic mass is 10.2. The third-order valence-corrected chi connectivity index (χ3v) is 5.59. The van der Waals surface area contributed by atoms with Crippen LogP contribution in [0.4, 0.5) is 0 Å². The number of para-hydroxylation sites is 1. The predicted octanol–water partition coefficient (Wildman–Crippen LogP) is 5.70. The van der Waals surface area contributed by atoms with Gasteiger partial charge in [-0.3, -0.25) is 0 Å². The quantitative estimate of drug-likeness (QED) is 0.306. The average molecular weight is 497 g/mol. The molecule has 158 valence electrons. The van der Waals surface area contributed by atoms with Gasteiger partial charge in [-0.1, -0.05) is 48.5 Å². The molecule has 0 aliphatic heterocycles. The Hall–Kier alpha value is -3.10. The van der Waals surface area contributed by atoms with Gasteiger partial charge in [0.15, 0.2) is 5.82 Å². The van der Waals surface area contributed by atoms with E-state index >= 15 is 0 Å². The van der Waals surface area contributed by atoms with E-state index in [0.717, 1.165) is 32.7 Å². The number of aromatic amines is 1. The number of halogens is 1. The topological polar surface area (TPSA) is 64.1 Å². The molecule has 4 rings (SSSR count). The van der Waals surface area contributed by atoms with Crippen LogP contribution in [0, 0.1) is 4.77 Å². The Morgan fingerprint density at radius 2 is 1.77 bits per heavy atom. The molecule has 2 N–H and O–H groups in total. The lowest BCUT2D eigenvalue weighted by Gasteiger charge is -2.13. The summed E-state index contributed by atoms with van der Waals surface area (Å²) in [4.78, 5) is 0. The van der Waals surface area contributed by atoms with Crippen molar-refractivity contribution in [2.75, 3.05) is 12.5 Å². The Morgan fingerprint density at radius 1 is 1.00 bits per heavy atom. The second-order valence-electron chi connectivity index (χ2n) is 6.76. The summed E-state index contributed by atoms with van der Waals surface area (Å²) in [6.07, 6.45) is 0. The number of H-pyrrole nitrogens is 1. The molecule has 3 aromatic carbocycles. The molecule has 0 bridgehead atoms. The van der Waals surface area contributed by atoms with Crippen molar-refractivity contribution < 1.29 is 9.47 Å². The normalized spacial score (nSPS) is 10.6. The van der Waals surface area contributed by atoms with Crippen molar-refractivity contribution in [3.63, 3.8) is 0 Å². The Morgan fingerprint density at radius 3 is 2.55 bits per heavy atom. The Labute approximate surface area is 193 Å². The molecular weight excluding hydrogens is 476 g/mol. The highest BCUT2D eigenvalue weighted by Gasteiger charge is 2.13. The molecule has 0 aliphatic carbocycles. The van der Waals surface area contributed by atoms with E-state index in [1.807, 2.05) is 72.8 Å². The number of nitrogens with zero attached hydrogens (tertiary/aromatic N) is 2. The first-order valence-corrected chi connectivity index (χ1v) is 10.9. The van der Waals surface area contributed by atoms with Crippen molar-refractivity contribution in [1.29, 1.82) is 0 Å². The lowest BCUT2D eigenvalue weighted by Crippen LogP contribution is -2.16. The standard InChI is InChI=1S/C23H21BrN4O2S/c1-29-20-10-6-5-9-18(20)22-26-27-23(31)28(22)25-14-17-11-12-21(19(24)13-17)30-15-16-7-3-2-4-8-16/h2-13,25H,14-15H2,1H3,(H,27,31). The number of methoxy groups -OCH3 is 1. The second-order valence-corrected chi connectivity index (χ2v) is 8.00. The molecule has 8 heteroatoms. The lowest BCUT2D eigenvalue weighted by molar-refractivity contribution is 0.304. The van der Waals surface area contributed by atoms with Crippen LogP contribution in [0.3, 0.4) is 0 Å². The van der Waals surface area contributed by atoms with E-state index < -0.39 is 0 Å². The van der Waals surface area contributed by atoms with Gasteiger partial charge in [0.05, 0.1) is 23.7 Å². The molecule has 4 aromatic rings. The molecule has 0 radical (unpaired) electrons. The largest absolute Gasteiger partial charge is 0.496 e. The minimum absolute atomic E-state index is 0.475. The average Bonchev–Trinajstić information content (AvgIpc) is 3.17. The highest BCUT2D eigenvalue weighted by molar-refractivity contribution is 9.10. The van der Waals surface area contributed by atoms with Crippen molar-refractivity contribution in [3.05, 3.63) is 93.2 Å². The van der Waals surface area contributed by atoms with Crippen LogP contribution in [0.5, 0.6) is 11.5 Å². The van der Waals surface area contributed by atoms with E-state index in [1.54, 1.807) is 11.8 Å². The molecule has 1 heterocycles. The van der Waals surface area contributed by atoms with Crippen LogP contribution in [0.1, 0.15) is 11.1 Å². The van der Waals surface area contributed by atoms with Crippen LogP contribution in [-0.4, -0.2) is 22.0 Å². The fourth-order valence-corrected chi connectivity index (χ4v) is 3.87. The Balaban J connectivity index is 1.47. The molecule has 0 atom stereocenters.